The van der Waals surface area contributed by atoms with E-state index >= 15 is 0 Å². The van der Waals surface area contributed by atoms with E-state index in [1.165, 1.54) is 18.2 Å². The lowest BCUT2D eigenvalue weighted by Crippen LogP contribution is -2.21. The van der Waals surface area contributed by atoms with Crippen LogP contribution >= 0.6 is 11.6 Å². The Kier molecular flexibility index (Phi) is 6.58. The quantitative estimate of drug-likeness (QED) is 0.595. The molecule has 1 aromatic rings. The van der Waals surface area contributed by atoms with Crippen molar-refractivity contribution in [1.82, 2.24) is 0 Å². The summed E-state index contributed by atoms with van der Waals surface area (Å²) in [5, 5.41) is 13.6. The standard InChI is InChI=1S/C14H20ClN3O3/c1-9(4-3-5-10(2)16)14(19)17-13-8-11(18(20)21)6-7-12(13)15/h6-10H,3-5,16H2,1-2H3,(H,17,19). The summed E-state index contributed by atoms with van der Waals surface area (Å²) in [6.45, 7) is 3.73. The van der Waals surface area contributed by atoms with Gasteiger partial charge in [0.1, 0.15) is 0 Å². The van der Waals surface area contributed by atoms with Gasteiger partial charge in [-0.25, -0.2) is 0 Å². The average molecular weight is 314 g/mol. The average Bonchev–Trinajstić information content (AvgIpc) is 2.40. The summed E-state index contributed by atoms with van der Waals surface area (Å²) in [5.74, 6) is -0.416. The lowest BCUT2D eigenvalue weighted by molar-refractivity contribution is -0.384. The number of carbonyl (C=O) groups excluding carboxylic acids is 1. The highest BCUT2D eigenvalue weighted by Gasteiger charge is 2.16. The second kappa shape index (κ2) is 7.95. The second-order valence-electron chi connectivity index (χ2n) is 5.22. The Hall–Kier alpha value is -1.66. The topological polar surface area (TPSA) is 98.3 Å². The monoisotopic (exact) mass is 313 g/mol. The highest BCUT2D eigenvalue weighted by atomic mass is 35.5. The summed E-state index contributed by atoms with van der Waals surface area (Å²) in [7, 11) is 0. The smallest absolute Gasteiger partial charge is 0.271 e. The Morgan fingerprint density at radius 3 is 2.67 bits per heavy atom. The van der Waals surface area contributed by atoms with Crippen molar-refractivity contribution in [2.24, 2.45) is 11.7 Å². The van der Waals surface area contributed by atoms with Crippen LogP contribution in [0.2, 0.25) is 5.02 Å². The third-order valence-electron chi connectivity index (χ3n) is 3.16. The molecule has 116 valence electrons. The zero-order chi connectivity index (χ0) is 16.0. The number of nitrogens with one attached hydrogen (secondary N) is 1. The minimum absolute atomic E-state index is 0.112. The molecule has 0 bridgehead atoms. The van der Waals surface area contributed by atoms with Gasteiger partial charge in [0.2, 0.25) is 5.91 Å². The van der Waals surface area contributed by atoms with Gasteiger partial charge in [-0.05, 0) is 25.8 Å². The summed E-state index contributed by atoms with van der Waals surface area (Å²) in [4.78, 5) is 22.2. The molecule has 1 aromatic carbocycles. The van der Waals surface area contributed by atoms with Gasteiger partial charge in [-0.1, -0.05) is 24.9 Å². The molecule has 0 aliphatic rings. The van der Waals surface area contributed by atoms with E-state index in [1.807, 2.05) is 13.8 Å². The van der Waals surface area contributed by atoms with E-state index in [-0.39, 0.29) is 34.3 Å². The van der Waals surface area contributed by atoms with Crippen LogP contribution in [0.5, 0.6) is 0 Å². The highest BCUT2D eigenvalue weighted by Crippen LogP contribution is 2.27. The van der Waals surface area contributed by atoms with E-state index < -0.39 is 4.92 Å². The summed E-state index contributed by atoms with van der Waals surface area (Å²) >= 11 is 5.94. The molecule has 21 heavy (non-hydrogen) atoms. The van der Waals surface area contributed by atoms with Crippen molar-refractivity contribution in [2.75, 3.05) is 5.32 Å². The third-order valence-corrected chi connectivity index (χ3v) is 3.49. The maximum atomic E-state index is 12.1. The molecule has 2 atom stereocenters. The van der Waals surface area contributed by atoms with Crippen LogP contribution in [0.1, 0.15) is 33.1 Å². The molecule has 1 rings (SSSR count). The Bertz CT molecular complexity index is 520. The maximum Gasteiger partial charge on any atom is 0.271 e. The van der Waals surface area contributed by atoms with Crippen LogP contribution in [-0.2, 0) is 4.79 Å². The highest BCUT2D eigenvalue weighted by molar-refractivity contribution is 6.33. The van der Waals surface area contributed by atoms with Crippen LogP contribution in [0.15, 0.2) is 18.2 Å². The minimum Gasteiger partial charge on any atom is -0.328 e. The summed E-state index contributed by atoms with van der Waals surface area (Å²) in [6.07, 6.45) is 2.42. The van der Waals surface area contributed by atoms with Gasteiger partial charge < -0.3 is 11.1 Å². The molecule has 6 nitrogen and oxygen atoms in total. The van der Waals surface area contributed by atoms with Crippen molar-refractivity contribution >= 4 is 28.9 Å². The summed E-state index contributed by atoms with van der Waals surface area (Å²) in [6, 6.07) is 4.07. The van der Waals surface area contributed by atoms with Gasteiger partial charge in [-0.2, -0.15) is 0 Å². The largest absolute Gasteiger partial charge is 0.328 e. The first-order chi connectivity index (χ1) is 9.81. The van der Waals surface area contributed by atoms with Crippen LogP contribution in [0.3, 0.4) is 0 Å². The van der Waals surface area contributed by atoms with E-state index in [4.69, 9.17) is 17.3 Å². The number of halogens is 1. The number of rotatable bonds is 7. The Labute approximate surface area is 128 Å². The number of hydrogen-bond acceptors (Lipinski definition) is 4. The molecule has 0 saturated carbocycles. The first-order valence-electron chi connectivity index (χ1n) is 6.81. The van der Waals surface area contributed by atoms with Gasteiger partial charge >= 0.3 is 0 Å². The van der Waals surface area contributed by atoms with Crippen molar-refractivity contribution in [3.8, 4) is 0 Å². The number of nitrogens with zero attached hydrogens (tertiary/aromatic N) is 1. The molecule has 2 unspecified atom stereocenters. The molecular weight excluding hydrogens is 294 g/mol. The SMILES string of the molecule is CC(N)CCCC(C)C(=O)Nc1cc([N+](=O)[O-])ccc1Cl. The third kappa shape index (κ3) is 5.69. The first kappa shape index (κ1) is 17.4. The van der Waals surface area contributed by atoms with Gasteiger partial charge in [0, 0.05) is 24.1 Å². The van der Waals surface area contributed by atoms with E-state index in [2.05, 4.69) is 5.32 Å². The van der Waals surface area contributed by atoms with Crippen LogP contribution in [-0.4, -0.2) is 16.9 Å². The zero-order valence-electron chi connectivity index (χ0n) is 12.1. The number of nitro benzene ring substituents is 1. The molecule has 0 radical (unpaired) electrons. The van der Waals surface area contributed by atoms with Crippen molar-refractivity contribution in [3.05, 3.63) is 33.3 Å². The second-order valence-corrected chi connectivity index (χ2v) is 5.63. The first-order valence-corrected chi connectivity index (χ1v) is 7.19. The van der Waals surface area contributed by atoms with Gasteiger partial charge in [0.05, 0.1) is 15.6 Å². The number of benzene rings is 1. The van der Waals surface area contributed by atoms with Gasteiger partial charge in [0.15, 0.2) is 0 Å². The molecular formula is C14H20ClN3O3. The van der Waals surface area contributed by atoms with Crippen LogP contribution in [0, 0.1) is 16.0 Å². The molecule has 3 N–H and O–H groups in total. The number of hydrogen-bond donors (Lipinski definition) is 2. The van der Waals surface area contributed by atoms with Crippen molar-refractivity contribution in [1.29, 1.82) is 0 Å². The number of anilines is 1. The molecule has 0 fully saturated rings. The molecule has 0 saturated heterocycles. The normalized spacial score (nSPS) is 13.5. The van der Waals surface area contributed by atoms with E-state index in [0.29, 0.717) is 6.42 Å². The number of amides is 1. The van der Waals surface area contributed by atoms with E-state index in [9.17, 15) is 14.9 Å². The predicted octanol–water partition coefficient (Wildman–Crippen LogP) is 3.34. The molecule has 0 spiro atoms. The van der Waals surface area contributed by atoms with Crippen LogP contribution in [0.25, 0.3) is 0 Å². The number of nitro groups is 1. The van der Waals surface area contributed by atoms with Gasteiger partial charge in [0.25, 0.3) is 5.69 Å². The fourth-order valence-electron chi connectivity index (χ4n) is 1.86. The summed E-state index contributed by atoms with van der Waals surface area (Å²) < 4.78 is 0. The number of carbonyl (C=O) groups is 1. The van der Waals surface area contributed by atoms with Crippen molar-refractivity contribution in [3.63, 3.8) is 0 Å². The van der Waals surface area contributed by atoms with Gasteiger partial charge in [-0.3, -0.25) is 14.9 Å². The van der Waals surface area contributed by atoms with Crippen molar-refractivity contribution < 1.29 is 9.72 Å². The van der Waals surface area contributed by atoms with Crippen molar-refractivity contribution in [2.45, 2.75) is 39.2 Å². The molecule has 1 amide bonds. The molecule has 7 heteroatoms. The Morgan fingerprint density at radius 1 is 1.43 bits per heavy atom. The maximum absolute atomic E-state index is 12.1. The van der Waals surface area contributed by atoms with Gasteiger partial charge in [-0.15, -0.1) is 0 Å². The Morgan fingerprint density at radius 2 is 2.10 bits per heavy atom. The fourth-order valence-corrected chi connectivity index (χ4v) is 2.02. The van der Waals surface area contributed by atoms with Crippen LogP contribution < -0.4 is 11.1 Å². The number of nitrogens with two attached hydrogens (primary N) is 1. The molecule has 0 aromatic heterocycles. The lowest BCUT2D eigenvalue weighted by Gasteiger charge is -2.13. The lowest BCUT2D eigenvalue weighted by atomic mass is 10.0. The predicted molar refractivity (Wildman–Crippen MR) is 83.4 cm³/mol. The van der Waals surface area contributed by atoms with E-state index in [1.54, 1.807) is 0 Å². The summed E-state index contributed by atoms with van der Waals surface area (Å²) in [5.41, 5.74) is 5.81. The Balaban J connectivity index is 2.65. The number of non-ortho nitro benzene ring substituents is 1. The zero-order valence-corrected chi connectivity index (χ0v) is 12.9. The minimum atomic E-state index is -0.530. The molecule has 0 heterocycles. The molecule has 0 aliphatic heterocycles. The van der Waals surface area contributed by atoms with E-state index in [0.717, 1.165) is 12.8 Å². The van der Waals surface area contributed by atoms with Crippen LogP contribution in [0.4, 0.5) is 11.4 Å². The molecule has 0 aliphatic carbocycles. The fraction of sp³-hybridized carbons (Fsp3) is 0.500.